The minimum atomic E-state index is -1.55. The zero-order valence-corrected chi connectivity index (χ0v) is 22.5. The maximum Gasteiger partial charge on any atom is 0.306 e. The van der Waals surface area contributed by atoms with E-state index in [0.717, 1.165) is 0 Å². The molecule has 4 aliphatic rings. The fraction of sp³-hybridized carbons (Fsp3) is 0.724. The van der Waals surface area contributed by atoms with Crippen molar-refractivity contribution in [3.63, 3.8) is 0 Å². The molecular formula is C29H39FO7. The number of ether oxygens (including phenoxy) is 2. The predicted molar refractivity (Wildman–Crippen MR) is 133 cm³/mol. The number of hydrogen-bond donors (Lipinski definition) is 1. The number of ketones is 2. The second-order valence-electron chi connectivity index (χ2n) is 11.8. The third-order valence-electron chi connectivity index (χ3n) is 9.92. The summed E-state index contributed by atoms with van der Waals surface area (Å²) in [5.74, 6) is -3.70. The van der Waals surface area contributed by atoms with E-state index in [0.29, 0.717) is 31.3 Å². The Kier molecular flexibility index (Phi) is 7.30. The van der Waals surface area contributed by atoms with Gasteiger partial charge in [0.25, 0.3) is 0 Å². The fourth-order valence-corrected chi connectivity index (χ4v) is 8.39. The van der Waals surface area contributed by atoms with Crippen molar-refractivity contribution in [3.05, 3.63) is 23.6 Å². The molecular weight excluding hydrogens is 479 g/mol. The van der Waals surface area contributed by atoms with Gasteiger partial charge in [-0.15, -0.1) is 0 Å². The van der Waals surface area contributed by atoms with Gasteiger partial charge in [-0.2, -0.15) is 0 Å². The number of fused-ring (bicyclic) bond motifs is 5. The first kappa shape index (κ1) is 27.7. The van der Waals surface area contributed by atoms with Crippen LogP contribution in [0, 0.1) is 34.5 Å². The third kappa shape index (κ3) is 4.01. The van der Waals surface area contributed by atoms with Crippen LogP contribution in [0.15, 0.2) is 23.6 Å². The van der Waals surface area contributed by atoms with Crippen LogP contribution in [0.5, 0.6) is 0 Å². The topological polar surface area (TPSA) is 107 Å². The van der Waals surface area contributed by atoms with Gasteiger partial charge in [0.05, 0.1) is 6.10 Å². The van der Waals surface area contributed by atoms with E-state index in [-0.39, 0.29) is 42.9 Å². The van der Waals surface area contributed by atoms with Gasteiger partial charge in [0.2, 0.25) is 11.6 Å². The lowest BCUT2D eigenvalue weighted by Crippen LogP contribution is -2.64. The lowest BCUT2D eigenvalue weighted by molar-refractivity contribution is -0.206. The molecule has 4 aliphatic carbocycles. The molecule has 1 N–H and O–H groups in total. The third-order valence-corrected chi connectivity index (χ3v) is 9.92. The van der Waals surface area contributed by atoms with Gasteiger partial charge in [0.15, 0.2) is 18.0 Å². The highest BCUT2D eigenvalue weighted by atomic mass is 19.1. The number of carbonyl (C=O) groups excluding carboxylic acids is 4. The fourth-order valence-electron chi connectivity index (χ4n) is 8.39. The van der Waals surface area contributed by atoms with Crippen molar-refractivity contribution in [2.45, 2.75) is 91.3 Å². The first-order chi connectivity index (χ1) is 17.4. The molecule has 0 aromatic heterocycles. The molecule has 0 saturated heterocycles. The standard InChI is InChI=1S/C29H39FO7/c1-6-8-24(35)37-29(22(33)15-36-23(34)7-2)16(3)13-19-17-9-10-18-26(30)20(31)11-12-27(18,4)25(17)21(32)14-28(19,29)5/h11-12,16-17,19,21,25,32H,6-10,13-15H2,1-5H3/t16?,17-,19-,21?,25+,27-,28-,29-/m0/s1. The second kappa shape index (κ2) is 9.75. The van der Waals surface area contributed by atoms with Gasteiger partial charge in [-0.1, -0.05) is 40.7 Å². The summed E-state index contributed by atoms with van der Waals surface area (Å²) in [6.07, 6.45) is 4.60. The van der Waals surface area contributed by atoms with Crippen LogP contribution in [0.4, 0.5) is 4.39 Å². The van der Waals surface area contributed by atoms with Crippen molar-refractivity contribution in [2.75, 3.05) is 6.61 Å². The SMILES string of the molecule is CCCC(=O)O[C@]1(C(=O)COC(=O)CC)C(C)C[C@H]2[C@@H]3CCC4=C(F)C(=O)C=C[C@]4(C)[C@H]3C(O)C[C@@]21C. The number of aliphatic hydroxyl groups excluding tert-OH is 1. The number of carbonyl (C=O) groups is 4. The zero-order valence-electron chi connectivity index (χ0n) is 22.5. The Morgan fingerprint density at radius 2 is 1.89 bits per heavy atom. The van der Waals surface area contributed by atoms with Crippen LogP contribution in [-0.2, 0) is 28.7 Å². The first-order valence-electron chi connectivity index (χ1n) is 13.6. The van der Waals surface area contributed by atoms with Crippen molar-refractivity contribution in [1.82, 2.24) is 0 Å². The number of halogens is 1. The van der Waals surface area contributed by atoms with E-state index in [1.807, 2.05) is 27.7 Å². The lowest BCUT2D eigenvalue weighted by Gasteiger charge is -2.60. The normalized spacial score (nSPS) is 40.5. The number of allylic oxidation sites excluding steroid dienone is 4. The minimum Gasteiger partial charge on any atom is -0.457 e. The molecule has 37 heavy (non-hydrogen) atoms. The van der Waals surface area contributed by atoms with Crippen LogP contribution in [0.3, 0.4) is 0 Å². The molecule has 0 aromatic rings. The lowest BCUT2D eigenvalue weighted by atomic mass is 9.46. The van der Waals surface area contributed by atoms with Gasteiger partial charge in [-0.05, 0) is 55.6 Å². The molecule has 0 amide bonds. The van der Waals surface area contributed by atoms with Crippen molar-refractivity contribution < 1.29 is 38.1 Å². The van der Waals surface area contributed by atoms with Crippen LogP contribution >= 0.6 is 0 Å². The smallest absolute Gasteiger partial charge is 0.306 e. The average Bonchev–Trinajstić information content (AvgIpc) is 3.06. The highest BCUT2D eigenvalue weighted by Crippen LogP contribution is 2.69. The van der Waals surface area contributed by atoms with Crippen LogP contribution < -0.4 is 0 Å². The summed E-state index contributed by atoms with van der Waals surface area (Å²) in [5, 5.41) is 11.7. The molecule has 0 spiro atoms. The molecule has 3 fully saturated rings. The Balaban J connectivity index is 1.77. The Morgan fingerprint density at radius 1 is 1.19 bits per heavy atom. The molecule has 0 bridgehead atoms. The van der Waals surface area contributed by atoms with Crippen molar-refractivity contribution in [3.8, 4) is 0 Å². The van der Waals surface area contributed by atoms with E-state index in [2.05, 4.69) is 0 Å². The van der Waals surface area contributed by atoms with E-state index in [9.17, 15) is 28.7 Å². The van der Waals surface area contributed by atoms with Crippen LogP contribution in [0.25, 0.3) is 0 Å². The second-order valence-corrected chi connectivity index (χ2v) is 11.8. The molecule has 8 atom stereocenters. The molecule has 3 saturated carbocycles. The summed E-state index contributed by atoms with van der Waals surface area (Å²) in [4.78, 5) is 50.7. The molecule has 4 rings (SSSR count). The van der Waals surface area contributed by atoms with Gasteiger partial charge < -0.3 is 14.6 Å². The average molecular weight is 519 g/mol. The molecule has 0 radical (unpaired) electrons. The molecule has 0 heterocycles. The zero-order chi connectivity index (χ0) is 27.3. The largest absolute Gasteiger partial charge is 0.457 e. The molecule has 0 aromatic carbocycles. The number of Topliss-reactive ketones (excluding diaryl/α,β-unsaturated/α-hetero) is 1. The van der Waals surface area contributed by atoms with Gasteiger partial charge in [0.1, 0.15) is 0 Å². The van der Waals surface area contributed by atoms with Gasteiger partial charge in [-0.3, -0.25) is 19.2 Å². The number of esters is 2. The van der Waals surface area contributed by atoms with Crippen LogP contribution in [0.1, 0.15) is 79.6 Å². The van der Waals surface area contributed by atoms with E-state index in [1.54, 1.807) is 13.0 Å². The Morgan fingerprint density at radius 3 is 2.54 bits per heavy atom. The number of rotatable bonds is 7. The van der Waals surface area contributed by atoms with Crippen molar-refractivity contribution in [2.24, 2.45) is 34.5 Å². The van der Waals surface area contributed by atoms with Crippen LogP contribution in [-0.4, -0.2) is 46.9 Å². The maximum absolute atomic E-state index is 14.9. The minimum absolute atomic E-state index is 0.0756. The van der Waals surface area contributed by atoms with Gasteiger partial charge in [-0.25, -0.2) is 4.39 Å². The molecule has 7 nitrogen and oxygen atoms in total. The van der Waals surface area contributed by atoms with E-state index >= 15 is 0 Å². The summed E-state index contributed by atoms with van der Waals surface area (Å²) in [5.41, 5.74) is -2.82. The van der Waals surface area contributed by atoms with E-state index < -0.39 is 58.5 Å². The predicted octanol–water partition coefficient (Wildman–Crippen LogP) is 4.41. The molecule has 2 unspecified atom stereocenters. The summed E-state index contributed by atoms with van der Waals surface area (Å²) >= 11 is 0. The summed E-state index contributed by atoms with van der Waals surface area (Å²) in [6.45, 7) is 8.68. The van der Waals surface area contributed by atoms with Crippen molar-refractivity contribution >= 4 is 23.5 Å². The highest BCUT2D eigenvalue weighted by Gasteiger charge is 2.73. The van der Waals surface area contributed by atoms with Gasteiger partial charge >= 0.3 is 11.9 Å². The van der Waals surface area contributed by atoms with E-state index in [4.69, 9.17) is 9.47 Å². The highest BCUT2D eigenvalue weighted by molar-refractivity contribution is 6.04. The number of aliphatic hydroxyl groups is 1. The van der Waals surface area contributed by atoms with Gasteiger partial charge in [0, 0.05) is 35.5 Å². The maximum atomic E-state index is 14.9. The summed E-state index contributed by atoms with van der Waals surface area (Å²) < 4.78 is 26.3. The number of hydrogen-bond acceptors (Lipinski definition) is 7. The van der Waals surface area contributed by atoms with Crippen molar-refractivity contribution in [1.29, 1.82) is 0 Å². The Bertz CT molecular complexity index is 1060. The quantitative estimate of drug-likeness (QED) is 0.498. The molecule has 0 aliphatic heterocycles. The van der Waals surface area contributed by atoms with E-state index in [1.165, 1.54) is 6.08 Å². The monoisotopic (exact) mass is 518 g/mol. The summed E-state index contributed by atoms with van der Waals surface area (Å²) in [7, 11) is 0. The Labute approximate surface area is 217 Å². The molecule has 8 heteroatoms. The first-order valence-corrected chi connectivity index (χ1v) is 13.6. The Hall–Kier alpha value is -2.35. The summed E-state index contributed by atoms with van der Waals surface area (Å²) in [6, 6.07) is 0. The molecule has 204 valence electrons. The van der Waals surface area contributed by atoms with Crippen LogP contribution in [0.2, 0.25) is 0 Å².